The summed E-state index contributed by atoms with van der Waals surface area (Å²) in [6.45, 7) is 5.99. The molecule has 9 nitrogen and oxygen atoms in total. The average Bonchev–Trinajstić information content (AvgIpc) is 3.46. The van der Waals surface area contributed by atoms with E-state index in [-0.39, 0.29) is 30.1 Å². The molecule has 182 valence electrons. The van der Waals surface area contributed by atoms with Crippen LogP contribution in [0, 0.1) is 6.92 Å². The van der Waals surface area contributed by atoms with E-state index in [4.69, 9.17) is 14.5 Å². The molecule has 10 heteroatoms. The van der Waals surface area contributed by atoms with E-state index in [0.717, 1.165) is 75.3 Å². The molecule has 0 spiro atoms. The summed E-state index contributed by atoms with van der Waals surface area (Å²) in [7, 11) is 3.68. The van der Waals surface area contributed by atoms with Crippen molar-refractivity contribution in [1.82, 2.24) is 25.4 Å². The number of aliphatic imine (C=N–C) groups is 1. The number of nitrogens with zero attached hydrogens (tertiary/aromatic N) is 5. The number of ether oxygens (including phenoxy) is 2. The summed E-state index contributed by atoms with van der Waals surface area (Å²) in [6, 6.07) is 8.57. The number of rotatable bonds is 7. The lowest BCUT2D eigenvalue weighted by atomic mass is 10.0. The van der Waals surface area contributed by atoms with Gasteiger partial charge in [0.2, 0.25) is 0 Å². The van der Waals surface area contributed by atoms with E-state index in [2.05, 4.69) is 37.9 Å². The van der Waals surface area contributed by atoms with E-state index >= 15 is 0 Å². The highest BCUT2D eigenvalue weighted by molar-refractivity contribution is 14.0. The normalized spacial score (nSPS) is 20.9. The van der Waals surface area contributed by atoms with Gasteiger partial charge in [-0.15, -0.1) is 34.2 Å². The minimum Gasteiger partial charge on any atom is -0.497 e. The first kappa shape index (κ1) is 25.5. The van der Waals surface area contributed by atoms with Crippen LogP contribution in [0.25, 0.3) is 0 Å². The Morgan fingerprint density at radius 2 is 2.15 bits per heavy atom. The number of hydrogen-bond donors (Lipinski definition) is 2. The van der Waals surface area contributed by atoms with Gasteiger partial charge in [-0.05, 0) is 44.7 Å². The van der Waals surface area contributed by atoms with E-state index in [1.165, 1.54) is 5.69 Å². The molecule has 1 aromatic heterocycles. The Hall–Kier alpha value is -2.08. The number of nitrogens with one attached hydrogen (secondary N) is 2. The maximum atomic E-state index is 5.78. The predicted octanol–water partition coefficient (Wildman–Crippen LogP) is 2.63. The predicted molar refractivity (Wildman–Crippen MR) is 141 cm³/mol. The first-order valence-electron chi connectivity index (χ1n) is 11.5. The molecule has 0 amide bonds. The standard InChI is InChI=1S/C23H35N7O2.HI/c1-17-27-28-22(29(17)2)15-25-23(24-14-21-10-6-12-32-21)26-18-7-5-11-30(16-18)19-8-4-9-20(13-19)31-3;/h4,8-9,13,18,21H,5-7,10-12,14-16H2,1-3H3,(H2,24,25,26);1H. The third kappa shape index (κ3) is 6.95. The summed E-state index contributed by atoms with van der Waals surface area (Å²) in [5.74, 6) is 3.43. The van der Waals surface area contributed by atoms with Gasteiger partial charge in [-0.3, -0.25) is 0 Å². The number of aromatic nitrogens is 3. The molecular weight excluding hydrogens is 533 g/mol. The van der Waals surface area contributed by atoms with Gasteiger partial charge in [-0.25, -0.2) is 4.99 Å². The Kier molecular flexibility index (Phi) is 9.60. The number of methoxy groups -OCH3 is 1. The van der Waals surface area contributed by atoms with Gasteiger partial charge in [0, 0.05) is 51.1 Å². The van der Waals surface area contributed by atoms with E-state index in [0.29, 0.717) is 12.6 Å². The maximum Gasteiger partial charge on any atom is 0.192 e. The van der Waals surface area contributed by atoms with Crippen molar-refractivity contribution < 1.29 is 9.47 Å². The van der Waals surface area contributed by atoms with Crippen LogP contribution in [0.2, 0.25) is 0 Å². The fourth-order valence-corrected chi connectivity index (χ4v) is 4.24. The van der Waals surface area contributed by atoms with Gasteiger partial charge in [-0.2, -0.15) is 0 Å². The summed E-state index contributed by atoms with van der Waals surface area (Å²) in [5, 5.41) is 15.5. The first-order chi connectivity index (χ1) is 15.6. The number of guanidine groups is 1. The minimum absolute atomic E-state index is 0. The summed E-state index contributed by atoms with van der Waals surface area (Å²) in [6.07, 6.45) is 4.69. The molecular formula is C23H36IN7O2. The molecule has 2 fully saturated rings. The number of hydrogen-bond acceptors (Lipinski definition) is 6. The number of piperidine rings is 1. The van der Waals surface area contributed by atoms with Gasteiger partial charge in [-0.1, -0.05) is 6.07 Å². The lowest BCUT2D eigenvalue weighted by molar-refractivity contribution is 0.113. The largest absolute Gasteiger partial charge is 0.497 e. The van der Waals surface area contributed by atoms with E-state index in [1.54, 1.807) is 7.11 Å². The van der Waals surface area contributed by atoms with Gasteiger partial charge < -0.3 is 29.6 Å². The third-order valence-electron chi connectivity index (χ3n) is 6.26. The SMILES string of the molecule is COc1cccc(N2CCCC(NC(=NCc3nnc(C)n3C)NCC3CCCO3)C2)c1.I. The zero-order chi connectivity index (χ0) is 22.3. The number of benzene rings is 1. The highest BCUT2D eigenvalue weighted by Crippen LogP contribution is 2.24. The molecule has 2 aliphatic heterocycles. The molecule has 0 bridgehead atoms. The Balaban J connectivity index is 0.00000306. The van der Waals surface area contributed by atoms with Crippen molar-refractivity contribution in [1.29, 1.82) is 0 Å². The van der Waals surface area contributed by atoms with Crippen LogP contribution in [0.15, 0.2) is 29.3 Å². The molecule has 4 rings (SSSR count). The van der Waals surface area contributed by atoms with Crippen molar-refractivity contribution in [3.63, 3.8) is 0 Å². The van der Waals surface area contributed by atoms with Crippen molar-refractivity contribution >= 4 is 35.6 Å². The van der Waals surface area contributed by atoms with Gasteiger partial charge in [0.1, 0.15) is 18.1 Å². The Morgan fingerprint density at radius 1 is 1.27 bits per heavy atom. The number of halogens is 1. The lowest BCUT2D eigenvalue weighted by Crippen LogP contribution is -2.52. The second-order valence-electron chi connectivity index (χ2n) is 8.53. The fourth-order valence-electron chi connectivity index (χ4n) is 4.24. The van der Waals surface area contributed by atoms with Gasteiger partial charge >= 0.3 is 0 Å². The van der Waals surface area contributed by atoms with Gasteiger partial charge in [0.25, 0.3) is 0 Å². The molecule has 3 heterocycles. The Bertz CT molecular complexity index is 914. The molecule has 33 heavy (non-hydrogen) atoms. The van der Waals surface area contributed by atoms with E-state index in [9.17, 15) is 0 Å². The van der Waals surface area contributed by atoms with Crippen LogP contribution in [-0.4, -0.2) is 66.2 Å². The fraction of sp³-hybridized carbons (Fsp3) is 0.609. The van der Waals surface area contributed by atoms with Crippen LogP contribution >= 0.6 is 24.0 Å². The number of aryl methyl sites for hydroxylation is 1. The molecule has 0 aliphatic carbocycles. The zero-order valence-electron chi connectivity index (χ0n) is 19.8. The average molecular weight is 569 g/mol. The molecule has 2 N–H and O–H groups in total. The summed E-state index contributed by atoms with van der Waals surface area (Å²) < 4.78 is 13.2. The van der Waals surface area contributed by atoms with Crippen LogP contribution < -0.4 is 20.3 Å². The van der Waals surface area contributed by atoms with Crippen LogP contribution in [0.5, 0.6) is 5.75 Å². The van der Waals surface area contributed by atoms with Gasteiger partial charge in [0.05, 0.1) is 13.2 Å². The smallest absolute Gasteiger partial charge is 0.192 e. The lowest BCUT2D eigenvalue weighted by Gasteiger charge is -2.35. The first-order valence-corrected chi connectivity index (χ1v) is 11.5. The van der Waals surface area contributed by atoms with Crippen LogP contribution in [0.1, 0.15) is 37.3 Å². The van der Waals surface area contributed by atoms with Crippen LogP contribution in [0.3, 0.4) is 0 Å². The van der Waals surface area contributed by atoms with Crippen molar-refractivity contribution in [3.8, 4) is 5.75 Å². The minimum atomic E-state index is 0. The van der Waals surface area contributed by atoms with Crippen LogP contribution in [0.4, 0.5) is 5.69 Å². The molecule has 1 aromatic carbocycles. The summed E-state index contributed by atoms with van der Waals surface area (Å²) in [4.78, 5) is 7.24. The van der Waals surface area contributed by atoms with Crippen molar-refractivity contribution in [2.45, 2.75) is 51.3 Å². The highest BCUT2D eigenvalue weighted by Gasteiger charge is 2.22. The molecule has 0 saturated carbocycles. The molecule has 2 aliphatic rings. The maximum absolute atomic E-state index is 5.78. The molecule has 0 radical (unpaired) electrons. The van der Waals surface area contributed by atoms with E-state index in [1.807, 2.05) is 30.7 Å². The van der Waals surface area contributed by atoms with Gasteiger partial charge in [0.15, 0.2) is 11.8 Å². The second kappa shape index (κ2) is 12.4. The molecule has 2 saturated heterocycles. The van der Waals surface area contributed by atoms with Crippen LogP contribution in [-0.2, 0) is 18.3 Å². The highest BCUT2D eigenvalue weighted by atomic mass is 127. The zero-order valence-corrected chi connectivity index (χ0v) is 22.1. The topological polar surface area (TPSA) is 88.8 Å². The number of anilines is 1. The monoisotopic (exact) mass is 569 g/mol. The molecule has 2 aromatic rings. The molecule has 2 atom stereocenters. The third-order valence-corrected chi connectivity index (χ3v) is 6.26. The Morgan fingerprint density at radius 3 is 2.88 bits per heavy atom. The summed E-state index contributed by atoms with van der Waals surface area (Å²) in [5.41, 5.74) is 1.19. The second-order valence-corrected chi connectivity index (χ2v) is 8.53. The quantitative estimate of drug-likeness (QED) is 0.301. The van der Waals surface area contributed by atoms with E-state index < -0.39 is 0 Å². The van der Waals surface area contributed by atoms with Crippen molar-refractivity contribution in [2.75, 3.05) is 38.3 Å². The van der Waals surface area contributed by atoms with Crippen molar-refractivity contribution in [3.05, 3.63) is 35.9 Å². The Labute approximate surface area is 213 Å². The van der Waals surface area contributed by atoms with Crippen molar-refractivity contribution in [2.24, 2.45) is 12.0 Å². The summed E-state index contributed by atoms with van der Waals surface area (Å²) >= 11 is 0. The molecule has 2 unspecified atom stereocenters.